The van der Waals surface area contributed by atoms with Gasteiger partial charge in [0.25, 0.3) is 5.91 Å². The van der Waals surface area contributed by atoms with Crippen molar-refractivity contribution in [2.75, 3.05) is 32.1 Å². The number of aliphatic hydroxyl groups excluding tert-OH is 1. The highest BCUT2D eigenvalue weighted by Gasteiger charge is 2.34. The molecule has 8 nitrogen and oxygen atoms in total. The molecule has 2 aromatic carbocycles. The van der Waals surface area contributed by atoms with Gasteiger partial charge in [0.15, 0.2) is 0 Å². The van der Waals surface area contributed by atoms with Crippen LogP contribution in [-0.2, 0) is 12.7 Å². The maximum atomic E-state index is 13.5. The Morgan fingerprint density at radius 2 is 1.85 bits per heavy atom. The van der Waals surface area contributed by atoms with E-state index in [4.69, 9.17) is 4.74 Å². The molecule has 2 aromatic rings. The van der Waals surface area contributed by atoms with Crippen LogP contribution in [0.3, 0.4) is 0 Å². The van der Waals surface area contributed by atoms with Crippen LogP contribution in [0, 0.1) is 5.92 Å². The van der Waals surface area contributed by atoms with E-state index in [-0.39, 0.29) is 36.1 Å². The lowest BCUT2D eigenvalue weighted by atomic mass is 9.99. The molecule has 39 heavy (non-hydrogen) atoms. The van der Waals surface area contributed by atoms with E-state index < -0.39 is 23.8 Å². The summed E-state index contributed by atoms with van der Waals surface area (Å²) in [5.74, 6) is -0.0897. The van der Waals surface area contributed by atoms with E-state index in [1.54, 1.807) is 30.0 Å². The molecule has 0 radical (unpaired) electrons. The lowest BCUT2D eigenvalue weighted by Crippen LogP contribution is -2.49. The molecule has 0 unspecified atom stereocenters. The number of ether oxygens (including phenoxy) is 1. The van der Waals surface area contributed by atoms with Gasteiger partial charge in [0.05, 0.1) is 23.8 Å². The van der Waals surface area contributed by atoms with Gasteiger partial charge in [-0.2, -0.15) is 13.2 Å². The zero-order valence-corrected chi connectivity index (χ0v) is 22.9. The first-order valence-corrected chi connectivity index (χ1v) is 12.9. The van der Waals surface area contributed by atoms with Gasteiger partial charge in [0.2, 0.25) is 0 Å². The predicted molar refractivity (Wildman–Crippen MR) is 143 cm³/mol. The van der Waals surface area contributed by atoms with Gasteiger partial charge in [-0.1, -0.05) is 19.1 Å². The Morgan fingerprint density at radius 3 is 2.44 bits per heavy atom. The number of nitrogens with one attached hydrogen (secondary N) is 2. The largest absolute Gasteiger partial charge is 0.488 e. The van der Waals surface area contributed by atoms with Gasteiger partial charge in [0, 0.05) is 37.3 Å². The van der Waals surface area contributed by atoms with Crippen LogP contribution in [0.1, 0.15) is 49.2 Å². The van der Waals surface area contributed by atoms with E-state index in [1.165, 1.54) is 12.1 Å². The van der Waals surface area contributed by atoms with Crippen LogP contribution in [0.2, 0.25) is 0 Å². The average Bonchev–Trinajstić information content (AvgIpc) is 2.85. The maximum absolute atomic E-state index is 13.5. The number of hydrogen-bond donors (Lipinski definition) is 3. The van der Waals surface area contributed by atoms with Gasteiger partial charge in [-0.3, -0.25) is 9.69 Å². The molecule has 3 atom stereocenters. The lowest BCUT2D eigenvalue weighted by Gasteiger charge is -2.38. The fourth-order valence-electron chi connectivity index (χ4n) is 4.43. The van der Waals surface area contributed by atoms with Crippen LogP contribution < -0.4 is 15.4 Å². The van der Waals surface area contributed by atoms with Crippen LogP contribution in [0.4, 0.5) is 23.7 Å². The van der Waals surface area contributed by atoms with Crippen molar-refractivity contribution in [3.8, 4) is 5.75 Å². The molecular weight excluding hydrogens is 513 g/mol. The quantitative estimate of drug-likeness (QED) is 0.447. The average molecular weight is 551 g/mol. The maximum Gasteiger partial charge on any atom is 0.416 e. The summed E-state index contributed by atoms with van der Waals surface area (Å²) in [4.78, 5) is 29.3. The molecule has 0 aliphatic carbocycles. The normalized spacial score (nSPS) is 18.7. The predicted octanol–water partition coefficient (Wildman–Crippen LogP) is 4.59. The number of nitrogens with zero attached hydrogens (tertiary/aromatic N) is 2. The first-order chi connectivity index (χ1) is 18.3. The molecule has 0 saturated carbocycles. The Hall–Kier alpha value is -3.31. The standard InChI is InChI=1S/C28H37F3N4O4/c1-17(2)32-27(38)33-22-10-11-24-23(12-22)26(37)35(19(4)16-36)13-18(3)25(39-24)15-34(5)14-20-6-8-21(9-7-20)28(29,30)31/h6-12,17-19,25,36H,13-16H2,1-5H3,(H2,32,33,38)/t18-,19-,25+/m1/s1. The molecule has 3 rings (SSSR count). The van der Waals surface area contributed by atoms with E-state index in [0.717, 1.165) is 17.7 Å². The Labute approximate surface area is 227 Å². The minimum absolute atomic E-state index is 0.0676. The summed E-state index contributed by atoms with van der Waals surface area (Å²) in [6.07, 6.45) is -4.75. The highest BCUT2D eigenvalue weighted by Crippen LogP contribution is 2.31. The van der Waals surface area contributed by atoms with Crippen molar-refractivity contribution in [3.05, 3.63) is 59.2 Å². The number of amides is 3. The van der Waals surface area contributed by atoms with Crippen molar-refractivity contribution in [2.24, 2.45) is 5.92 Å². The van der Waals surface area contributed by atoms with E-state index in [2.05, 4.69) is 10.6 Å². The number of likely N-dealkylation sites (N-methyl/N-ethyl adjacent to an activating group) is 1. The van der Waals surface area contributed by atoms with Crippen LogP contribution in [0.25, 0.3) is 0 Å². The molecule has 0 saturated heterocycles. The number of carbonyl (C=O) groups excluding carboxylic acids is 2. The number of hydrogen-bond acceptors (Lipinski definition) is 5. The number of carbonyl (C=O) groups is 2. The van der Waals surface area contributed by atoms with Crippen molar-refractivity contribution < 1.29 is 32.6 Å². The van der Waals surface area contributed by atoms with Gasteiger partial charge in [-0.15, -0.1) is 0 Å². The molecular formula is C28H37F3N4O4. The molecule has 1 heterocycles. The zero-order chi connectivity index (χ0) is 28.9. The summed E-state index contributed by atoms with van der Waals surface area (Å²) in [5, 5.41) is 15.3. The highest BCUT2D eigenvalue weighted by atomic mass is 19.4. The third-order valence-electron chi connectivity index (χ3n) is 6.57. The van der Waals surface area contributed by atoms with Crippen molar-refractivity contribution in [1.29, 1.82) is 0 Å². The minimum Gasteiger partial charge on any atom is -0.488 e. The molecule has 11 heteroatoms. The van der Waals surface area contributed by atoms with Crippen molar-refractivity contribution in [2.45, 2.75) is 58.6 Å². The first-order valence-electron chi connectivity index (χ1n) is 12.9. The molecule has 0 bridgehead atoms. The van der Waals surface area contributed by atoms with E-state index in [0.29, 0.717) is 31.1 Å². The third kappa shape index (κ3) is 8.09. The highest BCUT2D eigenvalue weighted by molar-refractivity contribution is 5.99. The summed E-state index contributed by atoms with van der Waals surface area (Å²) in [6.45, 7) is 8.33. The summed E-state index contributed by atoms with van der Waals surface area (Å²) in [6, 6.07) is 9.01. The van der Waals surface area contributed by atoms with Crippen molar-refractivity contribution in [3.63, 3.8) is 0 Å². The van der Waals surface area contributed by atoms with Gasteiger partial charge in [-0.25, -0.2) is 4.79 Å². The van der Waals surface area contributed by atoms with Gasteiger partial charge < -0.3 is 25.4 Å². The molecule has 1 aliphatic rings. The number of urea groups is 1. The number of anilines is 1. The SMILES string of the molecule is CC(C)NC(=O)Nc1ccc2c(c1)C(=O)N([C@H](C)CO)C[C@@H](C)[C@H](CN(C)Cc1ccc(C(F)(F)F)cc1)O2. The molecule has 0 aromatic heterocycles. The minimum atomic E-state index is -4.39. The van der Waals surface area contributed by atoms with Gasteiger partial charge in [0.1, 0.15) is 11.9 Å². The molecule has 3 amide bonds. The topological polar surface area (TPSA) is 94.1 Å². The van der Waals surface area contributed by atoms with Crippen molar-refractivity contribution >= 4 is 17.6 Å². The fraction of sp³-hybridized carbons (Fsp3) is 0.500. The second-order valence-corrected chi connectivity index (χ2v) is 10.5. The Kier molecular flexibility index (Phi) is 9.84. The number of halogens is 3. The molecule has 3 N–H and O–H groups in total. The van der Waals surface area contributed by atoms with Gasteiger partial charge >= 0.3 is 12.2 Å². The summed E-state index contributed by atoms with van der Waals surface area (Å²) in [5.41, 5.74) is 0.719. The van der Waals surface area contributed by atoms with Crippen LogP contribution in [0.5, 0.6) is 5.75 Å². The second-order valence-electron chi connectivity index (χ2n) is 10.5. The number of rotatable bonds is 8. The third-order valence-corrected chi connectivity index (χ3v) is 6.57. The number of benzene rings is 2. The molecule has 0 fully saturated rings. The van der Waals surface area contributed by atoms with Crippen molar-refractivity contribution in [1.82, 2.24) is 15.1 Å². The Morgan fingerprint density at radius 1 is 1.18 bits per heavy atom. The summed E-state index contributed by atoms with van der Waals surface area (Å²) >= 11 is 0. The van der Waals surface area contributed by atoms with Crippen LogP contribution >= 0.6 is 0 Å². The summed E-state index contributed by atoms with van der Waals surface area (Å²) < 4.78 is 45.1. The molecule has 1 aliphatic heterocycles. The Balaban J connectivity index is 1.83. The number of alkyl halides is 3. The fourth-order valence-corrected chi connectivity index (χ4v) is 4.43. The Bertz CT molecular complexity index is 1140. The van der Waals surface area contributed by atoms with Gasteiger partial charge in [-0.05, 0) is 63.7 Å². The lowest BCUT2D eigenvalue weighted by molar-refractivity contribution is -0.137. The monoisotopic (exact) mass is 550 g/mol. The van der Waals surface area contributed by atoms with E-state index in [1.807, 2.05) is 32.7 Å². The van der Waals surface area contributed by atoms with E-state index >= 15 is 0 Å². The molecule has 214 valence electrons. The van der Waals surface area contributed by atoms with Crippen LogP contribution in [-0.4, -0.2) is 71.8 Å². The van der Waals surface area contributed by atoms with Crippen LogP contribution in [0.15, 0.2) is 42.5 Å². The summed E-state index contributed by atoms with van der Waals surface area (Å²) in [7, 11) is 1.85. The van der Waals surface area contributed by atoms with E-state index in [9.17, 15) is 27.9 Å². The number of fused-ring (bicyclic) bond motifs is 1. The molecule has 0 spiro atoms. The second kappa shape index (κ2) is 12.7. The smallest absolute Gasteiger partial charge is 0.416 e. The first kappa shape index (κ1) is 30.2. The number of aliphatic hydroxyl groups is 1. The zero-order valence-electron chi connectivity index (χ0n) is 22.9.